The van der Waals surface area contributed by atoms with Crippen LogP contribution in [0.5, 0.6) is 11.5 Å². The zero-order valence-electron chi connectivity index (χ0n) is 12.6. The lowest BCUT2D eigenvalue weighted by Crippen LogP contribution is -2.19. The van der Waals surface area contributed by atoms with Gasteiger partial charge in [-0.15, -0.1) is 0 Å². The minimum atomic E-state index is 0.196. The molecule has 1 aliphatic rings. The summed E-state index contributed by atoms with van der Waals surface area (Å²) >= 11 is 0. The SMILES string of the molecule is CCOc1cccc(CNC)c1OCC1CCC(C)O1. The van der Waals surface area contributed by atoms with Crippen molar-refractivity contribution in [2.24, 2.45) is 0 Å². The van der Waals surface area contributed by atoms with Crippen LogP contribution in [0.4, 0.5) is 0 Å². The molecule has 0 saturated carbocycles. The molecule has 1 saturated heterocycles. The maximum Gasteiger partial charge on any atom is 0.165 e. The van der Waals surface area contributed by atoms with Crippen LogP contribution in [0.1, 0.15) is 32.3 Å². The normalized spacial score (nSPS) is 21.9. The summed E-state index contributed by atoms with van der Waals surface area (Å²) in [4.78, 5) is 0. The number of para-hydroxylation sites is 1. The molecule has 0 radical (unpaired) electrons. The number of hydrogen-bond donors (Lipinski definition) is 1. The summed E-state index contributed by atoms with van der Waals surface area (Å²) in [6.45, 7) is 6.08. The fourth-order valence-corrected chi connectivity index (χ4v) is 2.51. The Morgan fingerprint density at radius 3 is 2.80 bits per heavy atom. The molecule has 112 valence electrons. The standard InChI is InChI=1S/C16H25NO3/c1-4-18-15-7-5-6-13(10-17-3)16(15)19-11-14-9-8-12(2)20-14/h5-7,12,14,17H,4,8-11H2,1-3H3. The van der Waals surface area contributed by atoms with E-state index in [1.807, 2.05) is 26.1 Å². The van der Waals surface area contributed by atoms with E-state index in [4.69, 9.17) is 14.2 Å². The van der Waals surface area contributed by atoms with Gasteiger partial charge >= 0.3 is 0 Å². The fraction of sp³-hybridized carbons (Fsp3) is 0.625. The van der Waals surface area contributed by atoms with E-state index in [9.17, 15) is 0 Å². The van der Waals surface area contributed by atoms with Crippen LogP contribution in [-0.2, 0) is 11.3 Å². The molecule has 20 heavy (non-hydrogen) atoms. The maximum absolute atomic E-state index is 6.02. The summed E-state index contributed by atoms with van der Waals surface area (Å²) in [5.41, 5.74) is 1.12. The van der Waals surface area contributed by atoms with Gasteiger partial charge in [-0.05, 0) is 39.8 Å². The van der Waals surface area contributed by atoms with Gasteiger partial charge in [0.05, 0.1) is 18.8 Å². The highest BCUT2D eigenvalue weighted by atomic mass is 16.6. The Morgan fingerprint density at radius 1 is 1.30 bits per heavy atom. The molecule has 1 aromatic carbocycles. The van der Waals surface area contributed by atoms with Gasteiger partial charge in [-0.2, -0.15) is 0 Å². The molecule has 0 aromatic heterocycles. The molecule has 0 aliphatic carbocycles. The average Bonchev–Trinajstić information content (AvgIpc) is 2.84. The third-order valence-electron chi connectivity index (χ3n) is 3.46. The highest BCUT2D eigenvalue weighted by molar-refractivity contribution is 5.46. The lowest BCUT2D eigenvalue weighted by Gasteiger charge is -2.18. The van der Waals surface area contributed by atoms with E-state index in [1.165, 1.54) is 0 Å². The Morgan fingerprint density at radius 2 is 2.15 bits per heavy atom. The van der Waals surface area contributed by atoms with Crippen LogP contribution in [0.2, 0.25) is 0 Å². The predicted molar refractivity (Wildman–Crippen MR) is 79.4 cm³/mol. The Labute approximate surface area is 121 Å². The molecular weight excluding hydrogens is 254 g/mol. The van der Waals surface area contributed by atoms with Crippen molar-refractivity contribution in [2.45, 2.75) is 45.4 Å². The van der Waals surface area contributed by atoms with Gasteiger partial charge in [0, 0.05) is 12.1 Å². The summed E-state index contributed by atoms with van der Waals surface area (Å²) in [6, 6.07) is 6.02. The molecular formula is C16H25NO3. The molecule has 0 bridgehead atoms. The second kappa shape index (κ2) is 7.50. The third-order valence-corrected chi connectivity index (χ3v) is 3.46. The Bertz CT molecular complexity index is 398. The first-order valence-corrected chi connectivity index (χ1v) is 7.42. The first-order chi connectivity index (χ1) is 9.74. The van der Waals surface area contributed by atoms with Gasteiger partial charge in [-0.25, -0.2) is 0 Å². The van der Waals surface area contributed by atoms with Crippen molar-refractivity contribution in [1.29, 1.82) is 0 Å². The van der Waals surface area contributed by atoms with Crippen molar-refractivity contribution in [1.82, 2.24) is 5.32 Å². The van der Waals surface area contributed by atoms with Crippen molar-refractivity contribution >= 4 is 0 Å². The molecule has 1 N–H and O–H groups in total. The van der Waals surface area contributed by atoms with Crippen LogP contribution in [0, 0.1) is 0 Å². The van der Waals surface area contributed by atoms with Crippen molar-refractivity contribution in [3.63, 3.8) is 0 Å². The lowest BCUT2D eigenvalue weighted by atomic mass is 10.1. The van der Waals surface area contributed by atoms with Crippen molar-refractivity contribution < 1.29 is 14.2 Å². The number of ether oxygens (including phenoxy) is 3. The van der Waals surface area contributed by atoms with E-state index >= 15 is 0 Å². The Kier molecular flexibility index (Phi) is 5.68. The van der Waals surface area contributed by atoms with Crippen LogP contribution in [0.25, 0.3) is 0 Å². The van der Waals surface area contributed by atoms with Gasteiger partial charge < -0.3 is 19.5 Å². The summed E-state index contributed by atoms with van der Waals surface area (Å²) in [7, 11) is 1.93. The Hall–Kier alpha value is -1.26. The van der Waals surface area contributed by atoms with Gasteiger partial charge in [0.2, 0.25) is 0 Å². The van der Waals surface area contributed by atoms with E-state index in [-0.39, 0.29) is 6.10 Å². The van der Waals surface area contributed by atoms with Crippen LogP contribution >= 0.6 is 0 Å². The number of benzene rings is 1. The zero-order chi connectivity index (χ0) is 14.4. The molecule has 1 aromatic rings. The molecule has 2 atom stereocenters. The first kappa shape index (κ1) is 15.1. The summed E-state index contributed by atoms with van der Waals surface area (Å²) in [5, 5.41) is 3.16. The monoisotopic (exact) mass is 279 g/mol. The molecule has 0 amide bonds. The quantitative estimate of drug-likeness (QED) is 0.833. The molecule has 4 heteroatoms. The second-order valence-corrected chi connectivity index (χ2v) is 5.16. The highest BCUT2D eigenvalue weighted by Gasteiger charge is 2.23. The van der Waals surface area contributed by atoms with E-state index in [0.29, 0.717) is 19.3 Å². The van der Waals surface area contributed by atoms with Gasteiger partial charge in [0.25, 0.3) is 0 Å². The number of rotatable bonds is 7. The minimum Gasteiger partial charge on any atom is -0.490 e. The first-order valence-electron chi connectivity index (χ1n) is 7.42. The lowest BCUT2D eigenvalue weighted by molar-refractivity contribution is 0.0255. The summed E-state index contributed by atoms with van der Waals surface area (Å²) in [5.74, 6) is 1.65. The van der Waals surface area contributed by atoms with E-state index < -0.39 is 0 Å². The Balaban J connectivity index is 2.06. The molecule has 2 unspecified atom stereocenters. The third kappa shape index (κ3) is 3.87. The van der Waals surface area contributed by atoms with Gasteiger partial charge in [0.15, 0.2) is 11.5 Å². The molecule has 1 heterocycles. The minimum absolute atomic E-state index is 0.196. The van der Waals surface area contributed by atoms with Crippen LogP contribution < -0.4 is 14.8 Å². The molecule has 2 rings (SSSR count). The highest BCUT2D eigenvalue weighted by Crippen LogP contribution is 2.32. The number of hydrogen-bond acceptors (Lipinski definition) is 4. The maximum atomic E-state index is 6.02. The molecule has 1 aliphatic heterocycles. The fourth-order valence-electron chi connectivity index (χ4n) is 2.51. The van der Waals surface area contributed by atoms with Gasteiger partial charge in [-0.3, -0.25) is 0 Å². The molecule has 4 nitrogen and oxygen atoms in total. The van der Waals surface area contributed by atoms with E-state index in [0.717, 1.165) is 36.4 Å². The van der Waals surface area contributed by atoms with Crippen molar-refractivity contribution in [2.75, 3.05) is 20.3 Å². The number of nitrogens with one attached hydrogen (secondary N) is 1. The molecule has 1 fully saturated rings. The summed E-state index contributed by atoms with van der Waals surface area (Å²) < 4.78 is 17.5. The average molecular weight is 279 g/mol. The summed E-state index contributed by atoms with van der Waals surface area (Å²) in [6.07, 6.45) is 2.73. The van der Waals surface area contributed by atoms with Crippen LogP contribution in [-0.4, -0.2) is 32.5 Å². The van der Waals surface area contributed by atoms with Gasteiger partial charge in [-0.1, -0.05) is 12.1 Å². The predicted octanol–water partition coefficient (Wildman–Crippen LogP) is 2.75. The van der Waals surface area contributed by atoms with Crippen molar-refractivity contribution in [3.8, 4) is 11.5 Å². The van der Waals surface area contributed by atoms with Crippen molar-refractivity contribution in [3.05, 3.63) is 23.8 Å². The smallest absolute Gasteiger partial charge is 0.165 e. The largest absolute Gasteiger partial charge is 0.490 e. The van der Waals surface area contributed by atoms with E-state index in [1.54, 1.807) is 0 Å². The van der Waals surface area contributed by atoms with Gasteiger partial charge in [0.1, 0.15) is 6.61 Å². The van der Waals surface area contributed by atoms with Crippen LogP contribution in [0.3, 0.4) is 0 Å². The molecule has 0 spiro atoms. The second-order valence-electron chi connectivity index (χ2n) is 5.16. The van der Waals surface area contributed by atoms with E-state index in [2.05, 4.69) is 18.3 Å². The topological polar surface area (TPSA) is 39.7 Å². The van der Waals surface area contributed by atoms with Crippen LogP contribution in [0.15, 0.2) is 18.2 Å². The zero-order valence-corrected chi connectivity index (χ0v) is 12.6.